The van der Waals surface area contributed by atoms with Crippen molar-refractivity contribution in [1.82, 2.24) is 0 Å². The van der Waals surface area contributed by atoms with Crippen molar-refractivity contribution in [2.75, 3.05) is 5.32 Å². The van der Waals surface area contributed by atoms with Crippen molar-refractivity contribution in [3.05, 3.63) is 64.2 Å². The molecule has 0 amide bonds. The highest BCUT2D eigenvalue weighted by molar-refractivity contribution is 6.74. The van der Waals surface area contributed by atoms with Crippen LogP contribution in [-0.2, 0) is 9.22 Å². The summed E-state index contributed by atoms with van der Waals surface area (Å²) in [6, 6.07) is 13.8. The molecule has 5 nitrogen and oxygen atoms in total. The Balaban J connectivity index is 2.29. The number of ketones is 2. The molecule has 2 aromatic rings. The average Bonchev–Trinajstić information content (AvgIpc) is 2.77. The van der Waals surface area contributed by atoms with Crippen molar-refractivity contribution < 1.29 is 14.0 Å². The van der Waals surface area contributed by atoms with E-state index < -0.39 is 20.5 Å². The van der Waals surface area contributed by atoms with Crippen LogP contribution in [0.2, 0.25) is 23.2 Å². The van der Waals surface area contributed by atoms with E-state index in [1.54, 1.807) is 24.3 Å². The average molecular weight is 499 g/mol. The smallest absolute Gasteiger partial charge is 0.192 e. The summed E-state index contributed by atoms with van der Waals surface area (Å²) in [6.07, 6.45) is -0.199. The number of benzene rings is 2. The summed E-state index contributed by atoms with van der Waals surface area (Å²) < 4.78 is 6.55. The summed E-state index contributed by atoms with van der Waals surface area (Å²) in [5, 5.41) is 12.9. The SMILES string of the molecule is Cc1c(N[C@@H](C(=O)CCC(=O)c2ccccc2)[C@H](C)O[Si](C)(C)C(C)(C)C)ccc(C#N)c1Cl. The number of rotatable bonds is 10. The zero-order chi connectivity index (χ0) is 25.7. The first-order valence-electron chi connectivity index (χ1n) is 11.5. The van der Waals surface area contributed by atoms with Gasteiger partial charge in [0.2, 0.25) is 0 Å². The maximum absolute atomic E-state index is 13.4. The molecule has 2 aromatic carbocycles. The van der Waals surface area contributed by atoms with Gasteiger partial charge in [-0.15, -0.1) is 0 Å². The van der Waals surface area contributed by atoms with E-state index in [9.17, 15) is 14.9 Å². The van der Waals surface area contributed by atoms with Gasteiger partial charge in [-0.25, -0.2) is 0 Å². The molecule has 0 fully saturated rings. The molecular weight excluding hydrogens is 464 g/mol. The van der Waals surface area contributed by atoms with Crippen LogP contribution in [0.4, 0.5) is 5.69 Å². The van der Waals surface area contributed by atoms with Crippen molar-refractivity contribution in [2.45, 2.75) is 77.7 Å². The molecule has 0 aliphatic heterocycles. The third kappa shape index (κ3) is 6.79. The lowest BCUT2D eigenvalue weighted by molar-refractivity contribution is -0.121. The normalized spacial score (nSPS) is 13.6. The summed E-state index contributed by atoms with van der Waals surface area (Å²) >= 11 is 6.36. The van der Waals surface area contributed by atoms with Gasteiger partial charge < -0.3 is 9.74 Å². The fraction of sp³-hybridized carbons (Fsp3) is 0.444. The Kier molecular flexibility index (Phi) is 9.24. The Bertz CT molecular complexity index is 1070. The second kappa shape index (κ2) is 11.3. The molecule has 1 N–H and O–H groups in total. The number of hydrogen-bond donors (Lipinski definition) is 1. The van der Waals surface area contributed by atoms with Crippen LogP contribution in [0.3, 0.4) is 0 Å². The monoisotopic (exact) mass is 498 g/mol. The zero-order valence-corrected chi connectivity index (χ0v) is 22.9. The molecule has 0 radical (unpaired) electrons. The van der Waals surface area contributed by atoms with Crippen LogP contribution in [0.25, 0.3) is 0 Å². The molecule has 2 rings (SSSR count). The lowest BCUT2D eigenvalue weighted by atomic mass is 9.98. The zero-order valence-electron chi connectivity index (χ0n) is 21.2. The summed E-state index contributed by atoms with van der Waals surface area (Å²) in [5.74, 6) is -0.168. The number of nitrogens with one attached hydrogen (secondary N) is 1. The fourth-order valence-electron chi connectivity index (χ4n) is 3.43. The van der Waals surface area contributed by atoms with Gasteiger partial charge in [-0.2, -0.15) is 5.26 Å². The Hall–Kier alpha value is -2.46. The second-order valence-electron chi connectivity index (χ2n) is 10.2. The molecule has 0 aliphatic rings. The molecule has 0 spiro atoms. The number of anilines is 1. The van der Waals surface area contributed by atoms with Crippen molar-refractivity contribution in [2.24, 2.45) is 0 Å². The van der Waals surface area contributed by atoms with E-state index in [4.69, 9.17) is 16.0 Å². The van der Waals surface area contributed by atoms with Gasteiger partial charge in [0.1, 0.15) is 12.1 Å². The summed E-state index contributed by atoms with van der Waals surface area (Å²) in [5.41, 5.74) is 2.34. The highest BCUT2D eigenvalue weighted by Gasteiger charge is 2.41. The van der Waals surface area contributed by atoms with Crippen LogP contribution >= 0.6 is 11.6 Å². The molecule has 0 saturated carbocycles. The Morgan fingerprint density at radius 3 is 2.29 bits per heavy atom. The van der Waals surface area contributed by atoms with Gasteiger partial charge in [-0.1, -0.05) is 62.7 Å². The van der Waals surface area contributed by atoms with Crippen molar-refractivity contribution >= 4 is 37.2 Å². The van der Waals surface area contributed by atoms with E-state index in [1.807, 2.05) is 32.0 Å². The van der Waals surface area contributed by atoms with Crippen LogP contribution in [0.5, 0.6) is 0 Å². The molecule has 182 valence electrons. The first kappa shape index (κ1) is 27.8. The van der Waals surface area contributed by atoms with Crippen LogP contribution in [0, 0.1) is 18.3 Å². The third-order valence-corrected chi connectivity index (χ3v) is 11.7. The predicted octanol–water partition coefficient (Wildman–Crippen LogP) is 6.94. The number of carbonyl (C=O) groups is 2. The van der Waals surface area contributed by atoms with Crippen molar-refractivity contribution in [3.63, 3.8) is 0 Å². The van der Waals surface area contributed by atoms with Gasteiger partial charge in [0.15, 0.2) is 19.9 Å². The number of halogens is 1. The molecule has 7 heteroatoms. The van der Waals surface area contributed by atoms with Crippen LogP contribution in [-0.4, -0.2) is 32.0 Å². The topological polar surface area (TPSA) is 79.2 Å². The van der Waals surface area contributed by atoms with Crippen LogP contribution in [0.1, 0.15) is 62.0 Å². The molecule has 0 aromatic heterocycles. The largest absolute Gasteiger partial charge is 0.412 e. The third-order valence-electron chi connectivity index (χ3n) is 6.62. The second-order valence-corrected chi connectivity index (χ2v) is 15.3. The molecule has 0 saturated heterocycles. The molecule has 0 aliphatic carbocycles. The van der Waals surface area contributed by atoms with Crippen LogP contribution in [0.15, 0.2) is 42.5 Å². The van der Waals surface area contributed by atoms with E-state index in [0.29, 0.717) is 27.4 Å². The van der Waals surface area contributed by atoms with Gasteiger partial charge in [0, 0.05) is 24.1 Å². The minimum Gasteiger partial charge on any atom is -0.412 e. The molecular formula is C27H35ClN2O3Si. The van der Waals surface area contributed by atoms with E-state index in [-0.39, 0.29) is 29.4 Å². The Morgan fingerprint density at radius 2 is 1.74 bits per heavy atom. The number of hydrogen-bond acceptors (Lipinski definition) is 5. The lowest BCUT2D eigenvalue weighted by Gasteiger charge is -2.40. The maximum Gasteiger partial charge on any atom is 0.192 e. The van der Waals surface area contributed by atoms with Gasteiger partial charge in [0.25, 0.3) is 0 Å². The predicted molar refractivity (Wildman–Crippen MR) is 141 cm³/mol. The highest BCUT2D eigenvalue weighted by atomic mass is 35.5. The van der Waals surface area contributed by atoms with Gasteiger partial charge in [-0.05, 0) is 49.7 Å². The standard InChI is InChI=1S/C27H35ClN2O3Si/c1-18-22(14-13-21(17-29)25(18)28)30-26(19(2)33-34(6,7)27(3,4)5)24(32)16-15-23(31)20-11-9-8-10-12-20/h8-14,19,26,30H,15-16H2,1-7H3/t19-,26+/m0/s1. The lowest BCUT2D eigenvalue weighted by Crippen LogP contribution is -2.50. The highest BCUT2D eigenvalue weighted by Crippen LogP contribution is 2.38. The molecule has 34 heavy (non-hydrogen) atoms. The summed E-state index contributed by atoms with van der Waals surface area (Å²) in [6.45, 7) is 14.5. The molecule has 2 atom stereocenters. The molecule has 0 heterocycles. The quantitative estimate of drug-likeness (QED) is 0.283. The maximum atomic E-state index is 13.4. The minimum absolute atomic E-state index is 0.0220. The Labute approximate surface area is 209 Å². The van der Waals surface area contributed by atoms with Crippen molar-refractivity contribution in [3.8, 4) is 6.07 Å². The molecule has 0 bridgehead atoms. The van der Waals surface area contributed by atoms with E-state index in [0.717, 1.165) is 0 Å². The van der Waals surface area contributed by atoms with Crippen molar-refractivity contribution in [1.29, 1.82) is 5.26 Å². The first-order chi connectivity index (χ1) is 15.8. The number of carbonyl (C=O) groups excluding carboxylic acids is 2. The van der Waals surface area contributed by atoms with Gasteiger partial charge >= 0.3 is 0 Å². The van der Waals surface area contributed by atoms with E-state index in [2.05, 4.69) is 45.3 Å². The molecule has 0 unspecified atom stereocenters. The Morgan fingerprint density at radius 1 is 1.12 bits per heavy atom. The summed E-state index contributed by atoms with van der Waals surface area (Å²) in [4.78, 5) is 26.0. The van der Waals surface area contributed by atoms with Gasteiger partial charge in [-0.3, -0.25) is 9.59 Å². The number of nitriles is 1. The minimum atomic E-state index is -2.16. The number of nitrogens with zero attached hydrogens (tertiary/aromatic N) is 1. The van der Waals surface area contributed by atoms with E-state index in [1.165, 1.54) is 0 Å². The van der Waals surface area contributed by atoms with E-state index >= 15 is 0 Å². The summed E-state index contributed by atoms with van der Waals surface area (Å²) in [7, 11) is -2.16. The van der Waals surface area contributed by atoms with Crippen LogP contribution < -0.4 is 5.32 Å². The first-order valence-corrected chi connectivity index (χ1v) is 14.8. The fourth-order valence-corrected chi connectivity index (χ4v) is 5.05. The van der Waals surface area contributed by atoms with Gasteiger partial charge in [0.05, 0.1) is 16.7 Å². The number of Topliss-reactive ketones (excluding diaryl/α,β-unsaturated/α-hetero) is 2.